The minimum Gasteiger partial charge on any atom is -0.481 e. The van der Waals surface area contributed by atoms with Crippen LogP contribution in [-0.4, -0.2) is 20.6 Å². The number of hydrogen-bond acceptors (Lipinski definition) is 2. The van der Waals surface area contributed by atoms with Crippen molar-refractivity contribution in [3.05, 3.63) is 17.7 Å². The van der Waals surface area contributed by atoms with Gasteiger partial charge in [0.15, 0.2) is 0 Å². The van der Waals surface area contributed by atoms with Crippen LogP contribution in [0.25, 0.3) is 0 Å². The number of carboxylic acids is 1. The van der Waals surface area contributed by atoms with E-state index in [0.29, 0.717) is 6.42 Å². The van der Waals surface area contributed by atoms with Crippen molar-refractivity contribution in [2.45, 2.75) is 45.1 Å². The summed E-state index contributed by atoms with van der Waals surface area (Å²) in [6, 6.07) is 0. The Morgan fingerprint density at radius 1 is 1.47 bits per heavy atom. The third kappa shape index (κ3) is 2.37. The first kappa shape index (κ1) is 10.2. The second-order valence-corrected chi connectivity index (χ2v) is 4.04. The van der Waals surface area contributed by atoms with Crippen molar-refractivity contribution in [2.75, 3.05) is 0 Å². The van der Waals surface area contributed by atoms with Crippen LogP contribution in [0.5, 0.6) is 0 Å². The Kier molecular flexibility index (Phi) is 3.04. The maximum atomic E-state index is 10.4. The van der Waals surface area contributed by atoms with Crippen LogP contribution < -0.4 is 0 Å². The fourth-order valence-corrected chi connectivity index (χ4v) is 2.12. The van der Waals surface area contributed by atoms with Gasteiger partial charge in [0.05, 0.1) is 12.0 Å². The number of carbonyl (C=O) groups is 1. The van der Waals surface area contributed by atoms with Crippen molar-refractivity contribution >= 4 is 5.97 Å². The summed E-state index contributed by atoms with van der Waals surface area (Å²) in [5.74, 6) is -0.719. The summed E-state index contributed by atoms with van der Waals surface area (Å²) in [4.78, 5) is 14.8. The predicted octanol–water partition coefficient (Wildman–Crippen LogP) is 1.63. The van der Waals surface area contributed by atoms with Gasteiger partial charge in [-0.1, -0.05) is 0 Å². The van der Waals surface area contributed by atoms with Crippen LogP contribution in [0.1, 0.15) is 37.1 Å². The Labute approximate surface area is 88.9 Å². The van der Waals surface area contributed by atoms with Crippen LogP contribution >= 0.6 is 0 Å². The second kappa shape index (κ2) is 4.47. The number of fused-ring (bicyclic) bond motifs is 1. The number of rotatable bonds is 4. The van der Waals surface area contributed by atoms with Crippen molar-refractivity contribution in [3.8, 4) is 0 Å². The van der Waals surface area contributed by atoms with Gasteiger partial charge in [-0.3, -0.25) is 4.79 Å². The van der Waals surface area contributed by atoms with E-state index in [2.05, 4.69) is 9.55 Å². The molecule has 1 aromatic heterocycles. The Hall–Kier alpha value is -1.32. The average Bonchev–Trinajstić information content (AvgIpc) is 2.62. The van der Waals surface area contributed by atoms with Gasteiger partial charge < -0.3 is 9.67 Å². The molecule has 1 N–H and O–H groups in total. The summed E-state index contributed by atoms with van der Waals surface area (Å²) in [5, 5.41) is 8.56. The Morgan fingerprint density at radius 3 is 3.07 bits per heavy atom. The van der Waals surface area contributed by atoms with Gasteiger partial charge in [0.2, 0.25) is 0 Å². The summed E-state index contributed by atoms with van der Waals surface area (Å²) >= 11 is 0. The number of imidazole rings is 1. The Bertz CT molecular complexity index is 357. The topological polar surface area (TPSA) is 55.1 Å². The molecule has 0 saturated carbocycles. The minimum absolute atomic E-state index is 0.243. The lowest BCUT2D eigenvalue weighted by molar-refractivity contribution is -0.137. The van der Waals surface area contributed by atoms with Gasteiger partial charge in [0.1, 0.15) is 0 Å². The first-order valence-electron chi connectivity index (χ1n) is 5.52. The summed E-state index contributed by atoms with van der Waals surface area (Å²) < 4.78 is 2.12. The summed E-state index contributed by atoms with van der Waals surface area (Å²) in [6.07, 6.45) is 7.45. The van der Waals surface area contributed by atoms with Gasteiger partial charge in [-0.2, -0.15) is 0 Å². The smallest absolute Gasteiger partial charge is 0.303 e. The SMILES string of the molecule is O=C(O)CCCn1cnc2c1CCCC2. The van der Waals surface area contributed by atoms with Crippen molar-refractivity contribution in [3.63, 3.8) is 0 Å². The molecule has 4 heteroatoms. The molecule has 0 aromatic carbocycles. The lowest BCUT2D eigenvalue weighted by Crippen LogP contribution is -2.09. The zero-order chi connectivity index (χ0) is 10.7. The number of aryl methyl sites for hydroxylation is 2. The summed E-state index contributed by atoms with van der Waals surface area (Å²) in [7, 11) is 0. The molecule has 0 saturated heterocycles. The number of nitrogens with zero attached hydrogens (tertiary/aromatic N) is 2. The monoisotopic (exact) mass is 208 g/mol. The van der Waals surface area contributed by atoms with E-state index in [1.54, 1.807) is 0 Å². The molecule has 4 nitrogen and oxygen atoms in total. The molecule has 1 heterocycles. The Balaban J connectivity index is 1.96. The van der Waals surface area contributed by atoms with Crippen LogP contribution in [0.15, 0.2) is 6.33 Å². The number of hydrogen-bond donors (Lipinski definition) is 1. The molecule has 0 radical (unpaired) electrons. The van der Waals surface area contributed by atoms with Crippen LogP contribution in [0, 0.1) is 0 Å². The van der Waals surface area contributed by atoms with Gasteiger partial charge >= 0.3 is 5.97 Å². The van der Waals surface area contributed by atoms with Crippen molar-refractivity contribution in [1.29, 1.82) is 0 Å². The molecule has 1 aliphatic rings. The van der Waals surface area contributed by atoms with E-state index in [0.717, 1.165) is 19.4 Å². The molecule has 0 aliphatic heterocycles. The van der Waals surface area contributed by atoms with Crippen LogP contribution in [0.4, 0.5) is 0 Å². The molecule has 15 heavy (non-hydrogen) atoms. The molecule has 82 valence electrons. The van der Waals surface area contributed by atoms with Crippen LogP contribution in [0.3, 0.4) is 0 Å². The van der Waals surface area contributed by atoms with E-state index < -0.39 is 5.97 Å². The van der Waals surface area contributed by atoms with Gasteiger partial charge in [0.25, 0.3) is 0 Å². The van der Waals surface area contributed by atoms with E-state index in [4.69, 9.17) is 5.11 Å². The first-order valence-corrected chi connectivity index (χ1v) is 5.52. The van der Waals surface area contributed by atoms with Gasteiger partial charge in [-0.25, -0.2) is 4.98 Å². The maximum Gasteiger partial charge on any atom is 0.303 e. The Morgan fingerprint density at radius 2 is 2.27 bits per heavy atom. The van der Waals surface area contributed by atoms with Crippen molar-refractivity contribution in [2.24, 2.45) is 0 Å². The molecule has 0 bridgehead atoms. The van der Waals surface area contributed by atoms with Gasteiger partial charge in [0, 0.05) is 18.7 Å². The second-order valence-electron chi connectivity index (χ2n) is 4.04. The third-order valence-corrected chi connectivity index (χ3v) is 2.90. The zero-order valence-electron chi connectivity index (χ0n) is 8.78. The number of aromatic nitrogens is 2. The maximum absolute atomic E-state index is 10.4. The summed E-state index contributed by atoms with van der Waals surface area (Å²) in [5.41, 5.74) is 2.54. The quantitative estimate of drug-likeness (QED) is 0.818. The third-order valence-electron chi connectivity index (χ3n) is 2.90. The molecule has 1 aromatic rings. The molecule has 0 atom stereocenters. The zero-order valence-corrected chi connectivity index (χ0v) is 8.78. The largest absolute Gasteiger partial charge is 0.481 e. The predicted molar refractivity (Wildman–Crippen MR) is 55.7 cm³/mol. The van der Waals surface area contributed by atoms with E-state index in [-0.39, 0.29) is 6.42 Å². The normalized spacial score (nSPS) is 14.9. The lowest BCUT2D eigenvalue weighted by Gasteiger charge is -2.13. The van der Waals surface area contributed by atoms with E-state index >= 15 is 0 Å². The lowest BCUT2D eigenvalue weighted by atomic mass is 10.0. The van der Waals surface area contributed by atoms with Crippen LogP contribution in [-0.2, 0) is 24.2 Å². The highest BCUT2D eigenvalue weighted by molar-refractivity contribution is 5.66. The molecular formula is C11H16N2O2. The van der Waals surface area contributed by atoms with Crippen molar-refractivity contribution < 1.29 is 9.90 Å². The highest BCUT2D eigenvalue weighted by Gasteiger charge is 2.14. The molecule has 0 amide bonds. The average molecular weight is 208 g/mol. The van der Waals surface area contributed by atoms with E-state index in [9.17, 15) is 4.79 Å². The number of aliphatic carboxylic acids is 1. The molecule has 0 spiro atoms. The number of carboxylic acid groups (broad SMARTS) is 1. The van der Waals surface area contributed by atoms with Gasteiger partial charge in [-0.15, -0.1) is 0 Å². The fourth-order valence-electron chi connectivity index (χ4n) is 2.12. The molecule has 2 rings (SSSR count). The molecule has 0 unspecified atom stereocenters. The highest BCUT2D eigenvalue weighted by Crippen LogP contribution is 2.20. The van der Waals surface area contributed by atoms with E-state index in [1.165, 1.54) is 24.2 Å². The molecular weight excluding hydrogens is 192 g/mol. The van der Waals surface area contributed by atoms with Gasteiger partial charge in [-0.05, 0) is 32.1 Å². The minimum atomic E-state index is -0.719. The molecule has 1 aliphatic carbocycles. The standard InChI is InChI=1S/C11H16N2O2/c14-11(15)6-3-7-13-8-12-9-4-1-2-5-10(9)13/h8H,1-7H2,(H,14,15). The van der Waals surface area contributed by atoms with E-state index in [1.807, 2.05) is 6.33 Å². The highest BCUT2D eigenvalue weighted by atomic mass is 16.4. The molecule has 0 fully saturated rings. The first-order chi connectivity index (χ1) is 7.27. The van der Waals surface area contributed by atoms with Crippen LogP contribution in [0.2, 0.25) is 0 Å². The fraction of sp³-hybridized carbons (Fsp3) is 0.636. The summed E-state index contributed by atoms with van der Waals surface area (Å²) in [6.45, 7) is 0.786. The van der Waals surface area contributed by atoms with Crippen molar-refractivity contribution in [1.82, 2.24) is 9.55 Å².